The van der Waals surface area contributed by atoms with Crippen molar-refractivity contribution in [1.82, 2.24) is 20.3 Å². The van der Waals surface area contributed by atoms with Crippen molar-refractivity contribution in [2.24, 2.45) is 7.05 Å². The van der Waals surface area contributed by atoms with Gasteiger partial charge < -0.3 is 5.32 Å². The summed E-state index contributed by atoms with van der Waals surface area (Å²) in [7, 11) is 1.59. The molecule has 0 aliphatic carbocycles. The average Bonchev–Trinajstić information content (AvgIpc) is 2.47. The molecule has 6 heteroatoms. The summed E-state index contributed by atoms with van der Waals surface area (Å²) in [4.78, 5) is 0. The van der Waals surface area contributed by atoms with E-state index in [0.29, 0.717) is 12.2 Å². The molecule has 0 aliphatic heterocycles. The fourth-order valence-corrected chi connectivity index (χ4v) is 1.12. The Morgan fingerprint density at radius 1 is 1.62 bits per heavy atom. The lowest BCUT2D eigenvalue weighted by atomic mass is 10.2. The summed E-state index contributed by atoms with van der Waals surface area (Å²) in [6, 6.07) is -0.981. The Kier molecular flexibility index (Phi) is 3.30. The second-order valence-electron chi connectivity index (χ2n) is 2.65. The number of rotatable bonds is 4. The van der Waals surface area contributed by atoms with Crippen molar-refractivity contribution < 1.29 is 8.78 Å². The van der Waals surface area contributed by atoms with Gasteiger partial charge in [0.15, 0.2) is 0 Å². The highest BCUT2D eigenvalue weighted by molar-refractivity contribution is 5.02. The third-order valence-electron chi connectivity index (χ3n) is 1.74. The minimum Gasteiger partial charge on any atom is -0.304 e. The lowest BCUT2D eigenvalue weighted by molar-refractivity contribution is 0.0955. The largest absolute Gasteiger partial charge is 0.304 e. The van der Waals surface area contributed by atoms with Crippen molar-refractivity contribution in [2.75, 3.05) is 6.54 Å². The molecule has 1 unspecified atom stereocenters. The van der Waals surface area contributed by atoms with E-state index in [-0.39, 0.29) is 0 Å². The van der Waals surface area contributed by atoms with Crippen molar-refractivity contribution in [1.29, 1.82) is 0 Å². The normalized spacial score (nSPS) is 13.6. The Bertz CT molecular complexity index is 261. The smallest absolute Gasteiger partial charge is 0.259 e. The first-order valence-corrected chi connectivity index (χ1v) is 4.03. The lowest BCUT2D eigenvalue weighted by Crippen LogP contribution is -2.28. The molecule has 1 rings (SSSR count). The van der Waals surface area contributed by atoms with Gasteiger partial charge in [-0.25, -0.2) is 8.78 Å². The Morgan fingerprint density at radius 2 is 2.31 bits per heavy atom. The molecule has 1 aromatic heterocycles. The van der Waals surface area contributed by atoms with Crippen molar-refractivity contribution in [3.8, 4) is 0 Å². The van der Waals surface area contributed by atoms with Crippen LogP contribution in [0.1, 0.15) is 18.7 Å². The van der Waals surface area contributed by atoms with Crippen LogP contribution in [-0.2, 0) is 7.05 Å². The molecule has 4 nitrogen and oxygen atoms in total. The molecule has 0 saturated heterocycles. The molecule has 1 heterocycles. The van der Waals surface area contributed by atoms with Crippen molar-refractivity contribution >= 4 is 0 Å². The van der Waals surface area contributed by atoms with E-state index in [1.807, 2.05) is 0 Å². The van der Waals surface area contributed by atoms with Gasteiger partial charge in [-0.15, -0.1) is 5.10 Å². The predicted octanol–water partition coefficient (Wildman–Crippen LogP) is 0.731. The molecule has 1 atom stereocenters. The van der Waals surface area contributed by atoms with Gasteiger partial charge in [0, 0.05) is 7.05 Å². The van der Waals surface area contributed by atoms with E-state index in [1.54, 1.807) is 14.0 Å². The first-order chi connectivity index (χ1) is 6.16. The topological polar surface area (TPSA) is 42.7 Å². The molecule has 0 spiro atoms. The fraction of sp³-hybridized carbons (Fsp3) is 0.714. The summed E-state index contributed by atoms with van der Waals surface area (Å²) in [5.74, 6) is 0. The molecule has 0 fully saturated rings. The first-order valence-electron chi connectivity index (χ1n) is 4.03. The molecule has 0 saturated carbocycles. The molecule has 1 N–H and O–H groups in total. The van der Waals surface area contributed by atoms with E-state index in [0.717, 1.165) is 0 Å². The van der Waals surface area contributed by atoms with E-state index in [4.69, 9.17) is 0 Å². The maximum absolute atomic E-state index is 12.5. The maximum atomic E-state index is 12.5. The van der Waals surface area contributed by atoms with Crippen LogP contribution in [0.5, 0.6) is 0 Å². The van der Waals surface area contributed by atoms with Crippen molar-refractivity contribution in [3.05, 3.63) is 11.9 Å². The highest BCUT2D eigenvalue weighted by Crippen LogP contribution is 2.18. The molecule has 1 aromatic rings. The Balaban J connectivity index is 2.82. The van der Waals surface area contributed by atoms with Crippen molar-refractivity contribution in [2.45, 2.75) is 19.4 Å². The van der Waals surface area contributed by atoms with Crippen LogP contribution in [0, 0.1) is 0 Å². The Labute approximate surface area is 74.9 Å². The number of aryl methyl sites for hydroxylation is 1. The predicted molar refractivity (Wildman–Crippen MR) is 43.4 cm³/mol. The first kappa shape index (κ1) is 10.0. The number of hydrogen-bond donors (Lipinski definition) is 1. The molecule has 13 heavy (non-hydrogen) atoms. The summed E-state index contributed by atoms with van der Waals surface area (Å²) in [6.07, 6.45) is -1.10. The van der Waals surface area contributed by atoms with E-state index in [1.165, 1.54) is 10.9 Å². The molecule has 0 amide bonds. The number of nitrogens with zero attached hydrogens (tertiary/aromatic N) is 3. The molecule has 0 aromatic carbocycles. The minimum absolute atomic E-state index is 0.400. The van der Waals surface area contributed by atoms with Crippen LogP contribution in [0.4, 0.5) is 8.78 Å². The van der Waals surface area contributed by atoms with Gasteiger partial charge in [0.05, 0.1) is 11.9 Å². The highest BCUT2D eigenvalue weighted by Gasteiger charge is 2.24. The molecular weight excluding hydrogens is 178 g/mol. The second kappa shape index (κ2) is 4.27. The van der Waals surface area contributed by atoms with Gasteiger partial charge in [0.2, 0.25) is 0 Å². The monoisotopic (exact) mass is 190 g/mol. The zero-order valence-corrected chi connectivity index (χ0v) is 7.54. The second-order valence-corrected chi connectivity index (χ2v) is 2.65. The summed E-state index contributed by atoms with van der Waals surface area (Å²) in [5.41, 5.74) is 0.400. The average molecular weight is 190 g/mol. The van der Waals surface area contributed by atoms with Crippen LogP contribution in [0.15, 0.2) is 6.20 Å². The molecule has 0 aliphatic rings. The molecular formula is C7H12F2N4. The molecule has 0 radical (unpaired) electrons. The van der Waals surface area contributed by atoms with E-state index in [2.05, 4.69) is 15.6 Å². The van der Waals surface area contributed by atoms with Crippen LogP contribution in [0.2, 0.25) is 0 Å². The Hall–Kier alpha value is -1.04. The van der Waals surface area contributed by atoms with E-state index >= 15 is 0 Å². The number of hydrogen-bond acceptors (Lipinski definition) is 3. The number of aromatic nitrogens is 3. The van der Waals surface area contributed by atoms with Gasteiger partial charge in [0.25, 0.3) is 6.43 Å². The van der Waals surface area contributed by atoms with Crippen LogP contribution in [0.3, 0.4) is 0 Å². The summed E-state index contributed by atoms with van der Waals surface area (Å²) in [5, 5.41) is 9.82. The Morgan fingerprint density at radius 3 is 2.69 bits per heavy atom. The number of alkyl halides is 2. The maximum Gasteiger partial charge on any atom is 0.259 e. The number of nitrogens with one attached hydrogen (secondary N) is 1. The third-order valence-corrected chi connectivity index (χ3v) is 1.74. The summed E-state index contributed by atoms with van der Waals surface area (Å²) < 4.78 is 26.3. The van der Waals surface area contributed by atoms with Crippen molar-refractivity contribution in [3.63, 3.8) is 0 Å². The molecule has 74 valence electrons. The zero-order valence-electron chi connectivity index (χ0n) is 7.54. The highest BCUT2D eigenvalue weighted by atomic mass is 19.3. The van der Waals surface area contributed by atoms with Gasteiger partial charge in [-0.3, -0.25) is 4.68 Å². The summed E-state index contributed by atoms with van der Waals surface area (Å²) in [6.45, 7) is 2.26. The zero-order chi connectivity index (χ0) is 9.84. The number of halogens is 2. The third kappa shape index (κ3) is 2.21. The standard InChI is InChI=1S/C7H12F2N4/c1-3-10-6(7(8)9)5-4-11-12-13(5)2/h4,6-7,10H,3H2,1-2H3. The summed E-state index contributed by atoms with van der Waals surface area (Å²) >= 11 is 0. The van der Waals surface area contributed by atoms with Crippen LogP contribution < -0.4 is 5.32 Å². The van der Waals surface area contributed by atoms with Crippen LogP contribution in [-0.4, -0.2) is 28.0 Å². The fourth-order valence-electron chi connectivity index (χ4n) is 1.12. The van der Waals surface area contributed by atoms with Gasteiger partial charge in [-0.05, 0) is 6.54 Å². The van der Waals surface area contributed by atoms with E-state index < -0.39 is 12.5 Å². The van der Waals surface area contributed by atoms with Crippen LogP contribution >= 0.6 is 0 Å². The lowest BCUT2D eigenvalue weighted by Gasteiger charge is -2.15. The minimum atomic E-state index is -2.45. The SMILES string of the molecule is CCNC(c1cnnn1C)C(F)F. The van der Waals surface area contributed by atoms with E-state index in [9.17, 15) is 8.78 Å². The van der Waals surface area contributed by atoms with Gasteiger partial charge in [0.1, 0.15) is 6.04 Å². The quantitative estimate of drug-likeness (QED) is 0.761. The van der Waals surface area contributed by atoms with Gasteiger partial charge in [-0.1, -0.05) is 12.1 Å². The van der Waals surface area contributed by atoms with Gasteiger partial charge in [-0.2, -0.15) is 0 Å². The van der Waals surface area contributed by atoms with Crippen LogP contribution in [0.25, 0.3) is 0 Å². The molecule has 0 bridgehead atoms. The van der Waals surface area contributed by atoms with Gasteiger partial charge >= 0.3 is 0 Å².